The van der Waals surface area contributed by atoms with Gasteiger partial charge in [0.2, 0.25) is 11.8 Å². The highest BCUT2D eigenvalue weighted by atomic mass is 32.1. The van der Waals surface area contributed by atoms with E-state index < -0.39 is 5.82 Å². The van der Waals surface area contributed by atoms with Crippen LogP contribution in [-0.2, 0) is 20.7 Å². The third-order valence-electron chi connectivity index (χ3n) is 6.36. The molecule has 1 fully saturated rings. The number of ether oxygens (including phenoxy) is 2. The second-order valence-electron chi connectivity index (χ2n) is 9.40. The maximum absolute atomic E-state index is 14.1. The number of carbonyl (C=O) groups excluding carboxylic acids is 2. The first-order valence-electron chi connectivity index (χ1n) is 12.0. The zero-order valence-corrected chi connectivity index (χ0v) is 20.7. The molecule has 0 N–H and O–H groups in total. The van der Waals surface area contributed by atoms with Crippen LogP contribution in [0.2, 0.25) is 0 Å². The normalized spacial score (nSPS) is 19.8. The zero-order chi connectivity index (χ0) is 24.1. The second kappa shape index (κ2) is 11.3. The predicted octanol–water partition coefficient (Wildman–Crippen LogP) is 4.45. The Morgan fingerprint density at radius 2 is 2.12 bits per heavy atom. The van der Waals surface area contributed by atoms with Gasteiger partial charge in [-0.25, -0.2) is 4.39 Å². The fourth-order valence-electron chi connectivity index (χ4n) is 4.63. The van der Waals surface area contributed by atoms with Crippen LogP contribution in [0.15, 0.2) is 35.7 Å². The molecule has 2 atom stereocenters. The lowest BCUT2D eigenvalue weighted by atomic mass is 10.00. The maximum atomic E-state index is 14.1. The zero-order valence-electron chi connectivity index (χ0n) is 19.9. The molecule has 2 amide bonds. The van der Waals surface area contributed by atoms with E-state index in [1.165, 1.54) is 10.9 Å². The Morgan fingerprint density at radius 3 is 2.85 bits per heavy atom. The summed E-state index contributed by atoms with van der Waals surface area (Å²) in [6.45, 7) is 5.86. The lowest BCUT2D eigenvalue weighted by Crippen LogP contribution is -2.49. The molecule has 0 bridgehead atoms. The molecular weight excluding hydrogens is 455 g/mol. The van der Waals surface area contributed by atoms with Gasteiger partial charge < -0.3 is 19.3 Å². The van der Waals surface area contributed by atoms with Crippen molar-refractivity contribution >= 4 is 23.2 Å². The number of thiophene rings is 1. The molecule has 2 aliphatic rings. The maximum Gasteiger partial charge on any atom is 0.242 e. The van der Waals surface area contributed by atoms with Crippen molar-refractivity contribution in [1.29, 1.82) is 0 Å². The van der Waals surface area contributed by atoms with Crippen LogP contribution in [0.5, 0.6) is 5.75 Å². The van der Waals surface area contributed by atoms with Gasteiger partial charge >= 0.3 is 0 Å². The molecule has 0 spiro atoms. The molecule has 0 unspecified atom stereocenters. The summed E-state index contributed by atoms with van der Waals surface area (Å²) in [5, 5.41) is 2.02. The standard InChI is InChI=1S/C26H33FN2O4S/c1-18(2)14-25(30)28(15-19-6-5-12-32-19)16-26(31)29-11-9-24-20(10-13-34-24)22(29)17-33-23-8-4-3-7-21(23)27/h3-4,7-8,10,13,18-19,22H,5-6,9,11-12,14-17H2,1-2H3/t19-,22+/m0/s1. The molecule has 1 aromatic carbocycles. The van der Waals surface area contributed by atoms with Crippen LogP contribution in [-0.4, -0.2) is 60.6 Å². The molecule has 8 heteroatoms. The van der Waals surface area contributed by atoms with Gasteiger partial charge in [0.15, 0.2) is 11.6 Å². The van der Waals surface area contributed by atoms with Crippen molar-refractivity contribution in [1.82, 2.24) is 9.80 Å². The Morgan fingerprint density at radius 1 is 1.29 bits per heavy atom. The van der Waals surface area contributed by atoms with Crippen LogP contribution in [0.3, 0.4) is 0 Å². The summed E-state index contributed by atoms with van der Waals surface area (Å²) in [5.74, 6) is -0.187. The average Bonchev–Trinajstić information content (AvgIpc) is 3.49. The quantitative estimate of drug-likeness (QED) is 0.524. The summed E-state index contributed by atoms with van der Waals surface area (Å²) in [6.07, 6.45) is 3.03. The SMILES string of the molecule is CC(C)CC(=O)N(CC(=O)N1CCc2sccc2[C@H]1COc1ccccc1F)C[C@@H]1CCCO1. The fraction of sp³-hybridized carbons (Fsp3) is 0.538. The van der Waals surface area contributed by atoms with Crippen LogP contribution in [0, 0.1) is 11.7 Å². The molecule has 0 aliphatic carbocycles. The molecule has 34 heavy (non-hydrogen) atoms. The number of rotatable bonds is 9. The van der Waals surface area contributed by atoms with Crippen LogP contribution in [0.4, 0.5) is 4.39 Å². The molecular formula is C26H33FN2O4S. The van der Waals surface area contributed by atoms with Gasteiger partial charge in [-0.05, 0) is 54.3 Å². The summed E-state index contributed by atoms with van der Waals surface area (Å²) in [6, 6.07) is 7.98. The van der Waals surface area contributed by atoms with Crippen LogP contribution < -0.4 is 4.74 Å². The van der Waals surface area contributed by atoms with Crippen molar-refractivity contribution in [2.45, 2.75) is 51.7 Å². The predicted molar refractivity (Wildman–Crippen MR) is 129 cm³/mol. The van der Waals surface area contributed by atoms with Crippen LogP contribution >= 0.6 is 11.3 Å². The molecule has 0 saturated carbocycles. The summed E-state index contributed by atoms with van der Waals surface area (Å²) < 4.78 is 25.7. The van der Waals surface area contributed by atoms with Gasteiger partial charge in [0, 0.05) is 31.0 Å². The second-order valence-corrected chi connectivity index (χ2v) is 10.4. The summed E-state index contributed by atoms with van der Waals surface area (Å²) in [7, 11) is 0. The molecule has 4 rings (SSSR count). The average molecular weight is 489 g/mol. The molecule has 0 radical (unpaired) electrons. The minimum atomic E-state index is -0.427. The van der Waals surface area contributed by atoms with Gasteiger partial charge in [-0.1, -0.05) is 26.0 Å². The van der Waals surface area contributed by atoms with Crippen molar-refractivity contribution in [3.63, 3.8) is 0 Å². The van der Waals surface area contributed by atoms with Crippen LogP contribution in [0.25, 0.3) is 0 Å². The highest BCUT2D eigenvalue weighted by Gasteiger charge is 2.34. The van der Waals surface area contributed by atoms with E-state index in [2.05, 4.69) is 0 Å². The molecule has 1 aromatic heterocycles. The first kappa shape index (κ1) is 24.7. The molecule has 6 nitrogen and oxygen atoms in total. The van der Waals surface area contributed by atoms with Crippen molar-refractivity contribution in [3.8, 4) is 5.75 Å². The summed E-state index contributed by atoms with van der Waals surface area (Å²) in [4.78, 5) is 31.2. The molecule has 1 saturated heterocycles. The summed E-state index contributed by atoms with van der Waals surface area (Å²) >= 11 is 1.67. The van der Waals surface area contributed by atoms with Gasteiger partial charge in [0.1, 0.15) is 6.61 Å². The van der Waals surface area contributed by atoms with E-state index in [1.807, 2.05) is 25.3 Å². The number of hydrogen-bond acceptors (Lipinski definition) is 5. The van der Waals surface area contributed by atoms with E-state index in [0.29, 0.717) is 26.1 Å². The monoisotopic (exact) mass is 488 g/mol. The third kappa shape index (κ3) is 5.96. The highest BCUT2D eigenvalue weighted by molar-refractivity contribution is 7.10. The number of carbonyl (C=O) groups is 2. The first-order valence-corrected chi connectivity index (χ1v) is 12.9. The topological polar surface area (TPSA) is 59.1 Å². The van der Waals surface area contributed by atoms with Crippen LogP contribution in [0.1, 0.15) is 49.6 Å². The minimum Gasteiger partial charge on any atom is -0.488 e. The Bertz CT molecular complexity index is 989. The number of halogens is 1. The number of benzene rings is 1. The highest BCUT2D eigenvalue weighted by Crippen LogP contribution is 2.34. The Labute approximate surface area is 204 Å². The number of amides is 2. The third-order valence-corrected chi connectivity index (χ3v) is 7.35. The van der Waals surface area contributed by atoms with E-state index in [1.54, 1.807) is 39.3 Å². The molecule has 2 aromatic rings. The molecule has 3 heterocycles. The van der Waals surface area contributed by atoms with Gasteiger partial charge in [-0.3, -0.25) is 9.59 Å². The van der Waals surface area contributed by atoms with Gasteiger partial charge in [-0.2, -0.15) is 0 Å². The van der Waals surface area contributed by atoms with Crippen molar-refractivity contribution in [2.24, 2.45) is 5.92 Å². The smallest absolute Gasteiger partial charge is 0.242 e. The number of hydrogen-bond donors (Lipinski definition) is 0. The van der Waals surface area contributed by atoms with E-state index in [0.717, 1.165) is 24.8 Å². The van der Waals surface area contributed by atoms with E-state index in [9.17, 15) is 14.0 Å². The lowest BCUT2D eigenvalue weighted by molar-refractivity contribution is -0.144. The Kier molecular flexibility index (Phi) is 8.21. The fourth-order valence-corrected chi connectivity index (χ4v) is 5.55. The number of fused-ring (bicyclic) bond motifs is 1. The molecule has 2 aliphatic heterocycles. The summed E-state index contributed by atoms with van der Waals surface area (Å²) in [5.41, 5.74) is 1.04. The number of nitrogens with zero attached hydrogens (tertiary/aromatic N) is 2. The van der Waals surface area contributed by atoms with Gasteiger partial charge in [0.05, 0.1) is 18.7 Å². The van der Waals surface area contributed by atoms with E-state index >= 15 is 0 Å². The largest absolute Gasteiger partial charge is 0.488 e. The lowest BCUT2D eigenvalue weighted by Gasteiger charge is -2.37. The van der Waals surface area contributed by atoms with Crippen molar-refractivity contribution in [3.05, 3.63) is 52.0 Å². The van der Waals surface area contributed by atoms with E-state index in [-0.39, 0.29) is 48.8 Å². The Balaban J connectivity index is 1.50. The van der Waals surface area contributed by atoms with Gasteiger partial charge in [-0.15, -0.1) is 11.3 Å². The van der Waals surface area contributed by atoms with Gasteiger partial charge in [0.25, 0.3) is 0 Å². The van der Waals surface area contributed by atoms with E-state index in [4.69, 9.17) is 9.47 Å². The first-order chi connectivity index (χ1) is 16.4. The Hall–Kier alpha value is -2.45. The minimum absolute atomic E-state index is 0.0150. The molecule has 184 valence electrons. The van der Waals surface area contributed by atoms with Crippen molar-refractivity contribution in [2.75, 3.05) is 32.8 Å². The van der Waals surface area contributed by atoms with Crippen molar-refractivity contribution < 1.29 is 23.5 Å². The number of para-hydroxylation sites is 1.